The summed E-state index contributed by atoms with van der Waals surface area (Å²) < 4.78 is 4.96. The molecule has 124 valence electrons. The van der Waals surface area contributed by atoms with E-state index in [2.05, 4.69) is 10.9 Å². The summed E-state index contributed by atoms with van der Waals surface area (Å²) in [4.78, 5) is 36.1. The fraction of sp³-hybridized carbons (Fsp3) is 0.118. The third-order valence-corrected chi connectivity index (χ3v) is 3.76. The van der Waals surface area contributed by atoms with Gasteiger partial charge in [-0.1, -0.05) is 24.3 Å². The van der Waals surface area contributed by atoms with Crippen molar-refractivity contribution in [2.75, 3.05) is 0 Å². The molecule has 1 heterocycles. The van der Waals surface area contributed by atoms with Gasteiger partial charge >= 0.3 is 5.97 Å². The monoisotopic (exact) mass is 344 g/mol. The fourth-order valence-electron chi connectivity index (χ4n) is 1.68. The molecule has 2 aromatic rings. The van der Waals surface area contributed by atoms with Crippen molar-refractivity contribution in [3.63, 3.8) is 0 Å². The molecule has 0 radical (unpaired) electrons. The molecule has 24 heavy (non-hydrogen) atoms. The first-order valence-corrected chi connectivity index (χ1v) is 8.01. The van der Waals surface area contributed by atoms with Crippen molar-refractivity contribution in [2.24, 2.45) is 0 Å². The van der Waals surface area contributed by atoms with Crippen LogP contribution in [0, 0.1) is 0 Å². The smallest absolute Gasteiger partial charge is 0.331 e. The van der Waals surface area contributed by atoms with Crippen molar-refractivity contribution in [1.82, 2.24) is 10.9 Å². The maximum absolute atomic E-state index is 11.8. The first-order valence-electron chi connectivity index (χ1n) is 7.13. The van der Waals surface area contributed by atoms with Crippen molar-refractivity contribution in [2.45, 2.75) is 13.0 Å². The first kappa shape index (κ1) is 17.4. The number of hydrazine groups is 1. The zero-order valence-corrected chi connectivity index (χ0v) is 13.7. The average Bonchev–Trinajstić information content (AvgIpc) is 3.11. The highest BCUT2D eigenvalue weighted by Gasteiger charge is 2.17. The predicted octanol–water partition coefficient (Wildman–Crippen LogP) is 2.15. The van der Waals surface area contributed by atoms with Crippen LogP contribution in [0.15, 0.2) is 53.9 Å². The number of carbonyl (C=O) groups is 3. The van der Waals surface area contributed by atoms with Gasteiger partial charge in [-0.15, -0.1) is 11.3 Å². The molecule has 0 saturated carbocycles. The molecule has 2 rings (SSSR count). The average molecular weight is 344 g/mol. The van der Waals surface area contributed by atoms with E-state index in [4.69, 9.17) is 4.74 Å². The summed E-state index contributed by atoms with van der Waals surface area (Å²) in [6.07, 6.45) is 1.81. The molecular weight excluding hydrogens is 328 g/mol. The number of rotatable bonds is 5. The summed E-state index contributed by atoms with van der Waals surface area (Å²) in [5, 5.41) is 1.89. The minimum Gasteiger partial charge on any atom is -0.449 e. The molecule has 1 atom stereocenters. The van der Waals surface area contributed by atoms with E-state index in [0.29, 0.717) is 5.56 Å². The number of esters is 1. The topological polar surface area (TPSA) is 84.5 Å². The van der Waals surface area contributed by atoms with E-state index in [1.165, 1.54) is 24.3 Å². The van der Waals surface area contributed by atoms with Crippen LogP contribution in [0.5, 0.6) is 0 Å². The Bertz CT molecular complexity index is 726. The zero-order valence-electron chi connectivity index (χ0n) is 12.9. The van der Waals surface area contributed by atoms with Crippen LogP contribution in [0.3, 0.4) is 0 Å². The maximum atomic E-state index is 11.8. The molecule has 6 nitrogen and oxygen atoms in total. The van der Waals surface area contributed by atoms with E-state index in [1.807, 2.05) is 17.5 Å². The predicted molar refractivity (Wildman–Crippen MR) is 91.0 cm³/mol. The Morgan fingerprint density at radius 1 is 1.08 bits per heavy atom. The third kappa shape index (κ3) is 5.36. The molecule has 2 N–H and O–H groups in total. The third-order valence-electron chi connectivity index (χ3n) is 2.92. The van der Waals surface area contributed by atoms with Gasteiger partial charge in [-0.05, 0) is 36.6 Å². The molecule has 0 spiro atoms. The number of nitrogens with one attached hydrogen (secondary N) is 2. The van der Waals surface area contributed by atoms with Crippen LogP contribution in [0.4, 0.5) is 0 Å². The van der Waals surface area contributed by atoms with Gasteiger partial charge in [0.05, 0.1) is 0 Å². The van der Waals surface area contributed by atoms with Crippen LogP contribution in [-0.4, -0.2) is 23.9 Å². The Hall–Kier alpha value is -2.93. The molecule has 1 aromatic carbocycles. The number of thiophene rings is 1. The Balaban J connectivity index is 1.77. The summed E-state index contributed by atoms with van der Waals surface area (Å²) in [6.45, 7) is 1.42. The second kappa shape index (κ2) is 8.64. The van der Waals surface area contributed by atoms with Crippen LogP contribution in [0.2, 0.25) is 0 Å². The summed E-state index contributed by atoms with van der Waals surface area (Å²) in [5.41, 5.74) is 4.88. The van der Waals surface area contributed by atoms with Crippen LogP contribution in [0.25, 0.3) is 6.08 Å². The molecule has 0 aliphatic rings. The Morgan fingerprint density at radius 3 is 2.50 bits per heavy atom. The minimum atomic E-state index is -1.04. The second-order valence-corrected chi connectivity index (χ2v) is 5.72. The lowest BCUT2D eigenvalue weighted by molar-refractivity contribution is -0.150. The molecule has 0 aliphatic carbocycles. The van der Waals surface area contributed by atoms with Crippen molar-refractivity contribution in [3.05, 3.63) is 64.4 Å². The molecule has 1 aromatic heterocycles. The van der Waals surface area contributed by atoms with Gasteiger partial charge in [-0.2, -0.15) is 0 Å². The highest BCUT2D eigenvalue weighted by molar-refractivity contribution is 7.10. The van der Waals surface area contributed by atoms with Gasteiger partial charge in [-0.25, -0.2) is 4.79 Å². The highest BCUT2D eigenvalue weighted by atomic mass is 32.1. The van der Waals surface area contributed by atoms with Gasteiger partial charge in [0, 0.05) is 16.5 Å². The van der Waals surface area contributed by atoms with Crippen molar-refractivity contribution in [1.29, 1.82) is 0 Å². The first-order chi connectivity index (χ1) is 11.6. The summed E-state index contributed by atoms with van der Waals surface area (Å²) in [5.74, 6) is -1.72. The molecule has 0 unspecified atom stereocenters. The number of ether oxygens (including phenoxy) is 1. The molecule has 0 saturated heterocycles. The van der Waals surface area contributed by atoms with Gasteiger partial charge in [0.15, 0.2) is 6.10 Å². The van der Waals surface area contributed by atoms with E-state index in [0.717, 1.165) is 4.88 Å². The summed E-state index contributed by atoms with van der Waals surface area (Å²) in [6, 6.07) is 12.1. The number of benzene rings is 1. The molecule has 0 bridgehead atoms. The maximum Gasteiger partial charge on any atom is 0.331 e. The van der Waals surface area contributed by atoms with E-state index in [-0.39, 0.29) is 0 Å². The van der Waals surface area contributed by atoms with E-state index in [1.54, 1.807) is 36.4 Å². The fourth-order valence-corrected chi connectivity index (χ4v) is 2.30. The summed E-state index contributed by atoms with van der Waals surface area (Å²) >= 11 is 1.48. The van der Waals surface area contributed by atoms with E-state index >= 15 is 0 Å². The van der Waals surface area contributed by atoms with Gasteiger partial charge in [-0.3, -0.25) is 20.4 Å². The Kier molecular flexibility index (Phi) is 6.27. The minimum absolute atomic E-state index is 0.404. The Morgan fingerprint density at radius 2 is 1.83 bits per heavy atom. The number of carbonyl (C=O) groups excluding carboxylic acids is 3. The van der Waals surface area contributed by atoms with Crippen LogP contribution >= 0.6 is 11.3 Å². The summed E-state index contributed by atoms with van der Waals surface area (Å²) in [7, 11) is 0. The number of amides is 2. The molecule has 7 heteroatoms. The molecular formula is C17H16N2O4S. The lowest BCUT2D eigenvalue weighted by Crippen LogP contribution is -2.46. The normalized spacial score (nSPS) is 11.7. The second-order valence-electron chi connectivity index (χ2n) is 4.74. The van der Waals surface area contributed by atoms with Gasteiger partial charge in [0.2, 0.25) is 0 Å². The van der Waals surface area contributed by atoms with Crippen LogP contribution in [0.1, 0.15) is 22.2 Å². The van der Waals surface area contributed by atoms with Gasteiger partial charge < -0.3 is 4.74 Å². The largest absolute Gasteiger partial charge is 0.449 e. The standard InChI is InChI=1S/C17H16N2O4S/c1-12(23-15(20)10-9-14-8-5-11-24-14)16(21)18-19-17(22)13-6-3-2-4-7-13/h2-12H,1H3,(H,18,21)(H,19,22)/b10-9+/t12-/m0/s1. The van der Waals surface area contributed by atoms with Crippen molar-refractivity contribution < 1.29 is 19.1 Å². The molecule has 0 aliphatic heterocycles. The van der Waals surface area contributed by atoms with Crippen LogP contribution < -0.4 is 10.9 Å². The van der Waals surface area contributed by atoms with Crippen molar-refractivity contribution in [3.8, 4) is 0 Å². The lowest BCUT2D eigenvalue weighted by atomic mass is 10.2. The molecule has 2 amide bonds. The number of hydrogen-bond acceptors (Lipinski definition) is 5. The van der Waals surface area contributed by atoms with E-state index < -0.39 is 23.9 Å². The number of hydrogen-bond donors (Lipinski definition) is 2. The molecule has 0 fully saturated rings. The van der Waals surface area contributed by atoms with Gasteiger partial charge in [0.25, 0.3) is 11.8 Å². The quantitative estimate of drug-likeness (QED) is 0.494. The van der Waals surface area contributed by atoms with Crippen LogP contribution in [-0.2, 0) is 14.3 Å². The highest BCUT2D eigenvalue weighted by Crippen LogP contribution is 2.10. The zero-order chi connectivity index (χ0) is 17.4. The van der Waals surface area contributed by atoms with Crippen molar-refractivity contribution >= 4 is 35.2 Å². The lowest BCUT2D eigenvalue weighted by Gasteiger charge is -2.13. The SMILES string of the molecule is C[C@H](OC(=O)/C=C/c1cccs1)C(=O)NNC(=O)c1ccccc1. The van der Waals surface area contributed by atoms with E-state index in [9.17, 15) is 14.4 Å². The van der Waals surface area contributed by atoms with Gasteiger partial charge in [0.1, 0.15) is 0 Å². The Labute approximate surface area is 143 Å².